The van der Waals surface area contributed by atoms with Crippen LogP contribution >= 0.6 is 0 Å². The third-order valence-electron chi connectivity index (χ3n) is 4.73. The molecule has 1 unspecified atom stereocenters. The number of aromatic nitrogens is 1. The molecule has 7 nitrogen and oxygen atoms in total. The molecule has 1 saturated heterocycles. The van der Waals surface area contributed by atoms with E-state index in [4.69, 9.17) is 9.15 Å². The maximum atomic E-state index is 5.84. The summed E-state index contributed by atoms with van der Waals surface area (Å²) in [4.78, 5) is 11.2. The molecular formula is C20H37N5O2. The van der Waals surface area contributed by atoms with Crippen molar-refractivity contribution in [1.29, 1.82) is 0 Å². The summed E-state index contributed by atoms with van der Waals surface area (Å²) in [6.45, 7) is 15.9. The highest BCUT2D eigenvalue weighted by molar-refractivity contribution is 5.79. The van der Waals surface area contributed by atoms with Crippen LogP contribution in [-0.2, 0) is 16.7 Å². The number of ether oxygens (including phenoxy) is 1. The third kappa shape index (κ3) is 7.14. The van der Waals surface area contributed by atoms with E-state index in [1.807, 2.05) is 6.20 Å². The average Bonchev–Trinajstić information content (AvgIpc) is 3.10. The summed E-state index contributed by atoms with van der Waals surface area (Å²) in [5.41, 5.74) is -0.0343. The lowest BCUT2D eigenvalue weighted by Crippen LogP contribution is -2.51. The molecule has 2 heterocycles. The smallest absolute Gasteiger partial charge is 0.213 e. The molecule has 0 bridgehead atoms. The first-order valence-corrected chi connectivity index (χ1v) is 10.0. The predicted octanol–water partition coefficient (Wildman–Crippen LogP) is 2.38. The minimum atomic E-state index is -0.0343. The molecule has 27 heavy (non-hydrogen) atoms. The van der Waals surface area contributed by atoms with Crippen LogP contribution in [0, 0.1) is 5.92 Å². The Morgan fingerprint density at radius 1 is 1.26 bits per heavy atom. The Morgan fingerprint density at radius 2 is 1.96 bits per heavy atom. The van der Waals surface area contributed by atoms with Crippen LogP contribution in [0.3, 0.4) is 0 Å². The molecule has 2 N–H and O–H groups in total. The van der Waals surface area contributed by atoms with Crippen molar-refractivity contribution in [2.75, 3.05) is 39.9 Å². The monoisotopic (exact) mass is 379 g/mol. The summed E-state index contributed by atoms with van der Waals surface area (Å²) in [5.74, 6) is 2.99. The van der Waals surface area contributed by atoms with Crippen molar-refractivity contribution in [3.63, 3.8) is 0 Å². The number of morpholine rings is 1. The molecule has 0 aliphatic carbocycles. The largest absolute Gasteiger partial charge is 0.443 e. The van der Waals surface area contributed by atoms with Gasteiger partial charge in [0.05, 0.1) is 26.0 Å². The Bertz CT molecular complexity index is 585. The Kier molecular flexibility index (Phi) is 8.10. The van der Waals surface area contributed by atoms with Gasteiger partial charge in [0.1, 0.15) is 5.76 Å². The van der Waals surface area contributed by atoms with Crippen molar-refractivity contribution < 1.29 is 9.15 Å². The molecule has 154 valence electrons. The molecule has 1 aliphatic rings. The lowest BCUT2D eigenvalue weighted by molar-refractivity contribution is 0.0132. The molecular weight excluding hydrogens is 342 g/mol. The molecule has 0 radical (unpaired) electrons. The molecule has 1 atom stereocenters. The van der Waals surface area contributed by atoms with E-state index in [0.29, 0.717) is 24.4 Å². The first-order chi connectivity index (χ1) is 12.8. The van der Waals surface area contributed by atoms with E-state index < -0.39 is 0 Å². The van der Waals surface area contributed by atoms with Gasteiger partial charge in [-0.15, -0.1) is 0 Å². The summed E-state index contributed by atoms with van der Waals surface area (Å²) in [6.07, 6.45) is 2.96. The van der Waals surface area contributed by atoms with Gasteiger partial charge in [0.2, 0.25) is 5.89 Å². The van der Waals surface area contributed by atoms with Crippen LogP contribution < -0.4 is 10.6 Å². The van der Waals surface area contributed by atoms with E-state index in [0.717, 1.165) is 51.0 Å². The quantitative estimate of drug-likeness (QED) is 0.560. The van der Waals surface area contributed by atoms with Crippen LogP contribution in [0.25, 0.3) is 0 Å². The number of nitrogens with one attached hydrogen (secondary N) is 2. The van der Waals surface area contributed by atoms with Crippen molar-refractivity contribution in [3.8, 4) is 0 Å². The van der Waals surface area contributed by atoms with E-state index in [2.05, 4.69) is 60.1 Å². The van der Waals surface area contributed by atoms with Gasteiger partial charge in [-0.2, -0.15) is 0 Å². The highest BCUT2D eigenvalue weighted by Crippen LogP contribution is 2.22. The standard InChI is InChI=1S/C20H37N5O2/c1-15(2)11-16(25-7-9-26-10-8-25)12-23-19(21-6)24-14-18-22-13-17(27-18)20(3,4)5/h13,15-16H,7-12,14H2,1-6H3,(H2,21,23,24). The van der Waals surface area contributed by atoms with E-state index in [1.165, 1.54) is 0 Å². The molecule has 0 aromatic carbocycles. The lowest BCUT2D eigenvalue weighted by Gasteiger charge is -2.35. The highest BCUT2D eigenvalue weighted by atomic mass is 16.5. The Labute approximate surface area is 164 Å². The van der Waals surface area contributed by atoms with Gasteiger partial charge in [-0.1, -0.05) is 34.6 Å². The van der Waals surface area contributed by atoms with Crippen LogP contribution in [0.5, 0.6) is 0 Å². The second-order valence-corrected chi connectivity index (χ2v) is 8.61. The maximum absolute atomic E-state index is 5.84. The van der Waals surface area contributed by atoms with Crippen molar-refractivity contribution in [1.82, 2.24) is 20.5 Å². The molecule has 0 spiro atoms. The van der Waals surface area contributed by atoms with Gasteiger partial charge in [-0.25, -0.2) is 4.98 Å². The van der Waals surface area contributed by atoms with E-state index >= 15 is 0 Å². The van der Waals surface area contributed by atoms with Crippen LogP contribution in [0.2, 0.25) is 0 Å². The fourth-order valence-corrected chi connectivity index (χ4v) is 3.18. The molecule has 7 heteroatoms. The minimum absolute atomic E-state index is 0.0343. The van der Waals surface area contributed by atoms with Gasteiger partial charge < -0.3 is 19.8 Å². The van der Waals surface area contributed by atoms with Crippen LogP contribution in [-0.4, -0.2) is 61.8 Å². The van der Waals surface area contributed by atoms with Gasteiger partial charge in [0.15, 0.2) is 5.96 Å². The number of nitrogens with zero attached hydrogens (tertiary/aromatic N) is 3. The van der Waals surface area contributed by atoms with Crippen molar-refractivity contribution >= 4 is 5.96 Å². The Morgan fingerprint density at radius 3 is 2.52 bits per heavy atom. The second kappa shape index (κ2) is 10.1. The third-order valence-corrected chi connectivity index (χ3v) is 4.73. The molecule has 2 rings (SSSR count). The minimum Gasteiger partial charge on any atom is -0.443 e. The zero-order valence-corrected chi connectivity index (χ0v) is 17.8. The SMILES string of the molecule is CN=C(NCc1ncc(C(C)(C)C)o1)NCC(CC(C)C)N1CCOCC1. The van der Waals surface area contributed by atoms with Gasteiger partial charge in [-0.05, 0) is 12.3 Å². The van der Waals surface area contributed by atoms with E-state index in [1.54, 1.807) is 7.05 Å². The normalized spacial score (nSPS) is 18.0. The molecule has 0 saturated carbocycles. The summed E-state index contributed by atoms with van der Waals surface area (Å²) in [5, 5.41) is 6.77. The summed E-state index contributed by atoms with van der Waals surface area (Å²) in [6, 6.07) is 0.474. The van der Waals surface area contributed by atoms with E-state index in [-0.39, 0.29) is 5.41 Å². The van der Waals surface area contributed by atoms with Crippen molar-refractivity contribution in [2.24, 2.45) is 10.9 Å². The fraction of sp³-hybridized carbons (Fsp3) is 0.800. The lowest BCUT2D eigenvalue weighted by atomic mass is 9.94. The number of hydrogen-bond acceptors (Lipinski definition) is 5. The van der Waals surface area contributed by atoms with Gasteiger partial charge in [0.25, 0.3) is 0 Å². The fourth-order valence-electron chi connectivity index (χ4n) is 3.18. The number of guanidine groups is 1. The molecule has 1 aromatic heterocycles. The first-order valence-electron chi connectivity index (χ1n) is 10.0. The summed E-state index contributed by atoms with van der Waals surface area (Å²) >= 11 is 0. The number of hydrogen-bond donors (Lipinski definition) is 2. The Hall–Kier alpha value is -1.60. The van der Waals surface area contributed by atoms with Crippen LogP contribution in [0.15, 0.2) is 15.6 Å². The zero-order valence-electron chi connectivity index (χ0n) is 17.8. The molecule has 1 aromatic rings. The van der Waals surface area contributed by atoms with Crippen molar-refractivity contribution in [3.05, 3.63) is 17.8 Å². The predicted molar refractivity (Wildman–Crippen MR) is 109 cm³/mol. The molecule has 1 aliphatic heterocycles. The first kappa shape index (κ1) is 21.7. The number of oxazole rings is 1. The average molecular weight is 380 g/mol. The van der Waals surface area contributed by atoms with Gasteiger partial charge in [0, 0.05) is 38.1 Å². The Balaban J connectivity index is 1.86. The number of aliphatic imine (C=N–C) groups is 1. The topological polar surface area (TPSA) is 74.9 Å². The van der Waals surface area contributed by atoms with Gasteiger partial charge >= 0.3 is 0 Å². The van der Waals surface area contributed by atoms with Gasteiger partial charge in [-0.3, -0.25) is 9.89 Å². The molecule has 1 fully saturated rings. The molecule has 0 amide bonds. The van der Waals surface area contributed by atoms with Crippen molar-refractivity contribution in [2.45, 2.75) is 59.0 Å². The van der Waals surface area contributed by atoms with Crippen LogP contribution in [0.4, 0.5) is 0 Å². The van der Waals surface area contributed by atoms with E-state index in [9.17, 15) is 0 Å². The highest BCUT2D eigenvalue weighted by Gasteiger charge is 2.22. The summed E-state index contributed by atoms with van der Waals surface area (Å²) < 4.78 is 11.3. The van der Waals surface area contributed by atoms with Crippen LogP contribution in [0.1, 0.15) is 52.7 Å². The second-order valence-electron chi connectivity index (χ2n) is 8.61. The number of rotatable bonds is 7. The zero-order chi connectivity index (χ0) is 19.9. The maximum Gasteiger partial charge on any atom is 0.213 e. The summed E-state index contributed by atoms with van der Waals surface area (Å²) in [7, 11) is 1.79.